The van der Waals surface area contributed by atoms with E-state index in [4.69, 9.17) is 4.42 Å². The van der Waals surface area contributed by atoms with E-state index in [0.29, 0.717) is 6.54 Å². The first-order valence-corrected chi connectivity index (χ1v) is 4.94. The fraction of sp³-hybridized carbons (Fsp3) is 0.250. The molecule has 3 heteroatoms. The Morgan fingerprint density at radius 3 is 2.87 bits per heavy atom. The number of benzene rings is 1. The van der Waals surface area contributed by atoms with E-state index in [0.717, 1.165) is 11.4 Å². The van der Waals surface area contributed by atoms with Crippen LogP contribution in [0.15, 0.2) is 35.2 Å². The number of rotatable bonds is 3. The van der Waals surface area contributed by atoms with Crippen LogP contribution in [0.25, 0.3) is 0 Å². The zero-order chi connectivity index (χ0) is 10.7. The van der Waals surface area contributed by atoms with E-state index in [1.165, 1.54) is 17.5 Å². The van der Waals surface area contributed by atoms with Gasteiger partial charge in [0.25, 0.3) is 0 Å². The Kier molecular flexibility index (Phi) is 2.72. The topological polar surface area (TPSA) is 38.1 Å². The van der Waals surface area contributed by atoms with Crippen molar-refractivity contribution >= 4 is 5.69 Å². The normalized spacial score (nSPS) is 10.3. The van der Waals surface area contributed by atoms with Gasteiger partial charge in [0.2, 0.25) is 0 Å². The maximum Gasteiger partial charge on any atom is 0.180 e. The number of hydrogen-bond acceptors (Lipinski definition) is 3. The fourth-order valence-corrected chi connectivity index (χ4v) is 1.52. The summed E-state index contributed by atoms with van der Waals surface area (Å²) >= 11 is 0. The van der Waals surface area contributed by atoms with E-state index in [1.807, 2.05) is 0 Å². The Hall–Kier alpha value is -1.77. The highest BCUT2D eigenvalue weighted by atomic mass is 16.3. The third kappa shape index (κ3) is 2.37. The Labute approximate surface area is 89.1 Å². The summed E-state index contributed by atoms with van der Waals surface area (Å²) in [6.07, 6.45) is 3.16. The molecule has 0 radical (unpaired) electrons. The van der Waals surface area contributed by atoms with Crippen LogP contribution in [0.2, 0.25) is 0 Å². The molecule has 0 aliphatic rings. The van der Waals surface area contributed by atoms with Crippen LogP contribution in [0.1, 0.15) is 16.9 Å². The van der Waals surface area contributed by atoms with Gasteiger partial charge in [-0.05, 0) is 25.5 Å². The quantitative estimate of drug-likeness (QED) is 0.831. The van der Waals surface area contributed by atoms with Crippen molar-refractivity contribution in [1.29, 1.82) is 0 Å². The molecule has 0 saturated carbocycles. The second-order valence-corrected chi connectivity index (χ2v) is 3.64. The average molecular weight is 202 g/mol. The monoisotopic (exact) mass is 202 g/mol. The van der Waals surface area contributed by atoms with Gasteiger partial charge < -0.3 is 9.73 Å². The minimum Gasteiger partial charge on any atom is -0.447 e. The summed E-state index contributed by atoms with van der Waals surface area (Å²) < 4.78 is 5.15. The lowest BCUT2D eigenvalue weighted by Crippen LogP contribution is -1.99. The van der Waals surface area contributed by atoms with Crippen molar-refractivity contribution in [2.45, 2.75) is 20.4 Å². The van der Waals surface area contributed by atoms with Crippen molar-refractivity contribution in [3.63, 3.8) is 0 Å². The van der Waals surface area contributed by atoms with E-state index in [9.17, 15) is 0 Å². The molecule has 0 aliphatic carbocycles. The predicted molar refractivity (Wildman–Crippen MR) is 59.7 cm³/mol. The molecule has 1 N–H and O–H groups in total. The van der Waals surface area contributed by atoms with Gasteiger partial charge in [-0.1, -0.05) is 17.7 Å². The highest BCUT2D eigenvalue weighted by molar-refractivity contribution is 5.51. The lowest BCUT2D eigenvalue weighted by molar-refractivity contribution is 0.511. The molecule has 0 spiro atoms. The maximum atomic E-state index is 5.15. The standard InChI is InChI=1S/C12H14N2O/c1-9-3-4-12(10(2)5-9)14-7-11-6-13-8-15-11/h3-6,8,14H,7H2,1-2H3. The summed E-state index contributed by atoms with van der Waals surface area (Å²) in [5, 5.41) is 3.31. The summed E-state index contributed by atoms with van der Waals surface area (Å²) in [5.74, 6) is 0.843. The van der Waals surface area contributed by atoms with E-state index in [1.54, 1.807) is 6.20 Å². The first kappa shape index (κ1) is 9.77. The number of nitrogens with one attached hydrogen (secondary N) is 1. The molecule has 1 aromatic carbocycles. The van der Waals surface area contributed by atoms with Crippen LogP contribution in [0.3, 0.4) is 0 Å². The molecule has 0 amide bonds. The van der Waals surface area contributed by atoms with E-state index >= 15 is 0 Å². The molecular formula is C12H14N2O. The van der Waals surface area contributed by atoms with E-state index in [2.05, 4.69) is 42.3 Å². The SMILES string of the molecule is Cc1ccc(NCc2cnco2)c(C)c1. The van der Waals surface area contributed by atoms with Gasteiger partial charge in [0.05, 0.1) is 12.7 Å². The summed E-state index contributed by atoms with van der Waals surface area (Å²) in [6, 6.07) is 6.33. The third-order valence-corrected chi connectivity index (χ3v) is 2.32. The predicted octanol–water partition coefficient (Wildman–Crippen LogP) is 2.90. The molecule has 0 saturated heterocycles. The van der Waals surface area contributed by atoms with Crippen molar-refractivity contribution in [2.75, 3.05) is 5.32 Å². The molecule has 0 unspecified atom stereocenters. The van der Waals surface area contributed by atoms with Crippen molar-refractivity contribution in [3.05, 3.63) is 47.7 Å². The Morgan fingerprint density at radius 2 is 2.20 bits per heavy atom. The number of oxazole rings is 1. The molecule has 15 heavy (non-hydrogen) atoms. The molecule has 78 valence electrons. The van der Waals surface area contributed by atoms with Crippen LogP contribution in [0.5, 0.6) is 0 Å². The number of aryl methyl sites for hydroxylation is 2. The molecule has 2 aromatic rings. The fourth-order valence-electron chi connectivity index (χ4n) is 1.52. The number of aromatic nitrogens is 1. The van der Waals surface area contributed by atoms with E-state index in [-0.39, 0.29) is 0 Å². The molecule has 1 aromatic heterocycles. The lowest BCUT2D eigenvalue weighted by Gasteiger charge is -2.08. The summed E-state index contributed by atoms with van der Waals surface area (Å²) in [5.41, 5.74) is 3.66. The minimum atomic E-state index is 0.671. The van der Waals surface area contributed by atoms with Crippen LogP contribution in [-0.4, -0.2) is 4.98 Å². The molecular weight excluding hydrogens is 188 g/mol. The molecule has 1 heterocycles. The lowest BCUT2D eigenvalue weighted by atomic mass is 10.1. The molecule has 3 nitrogen and oxygen atoms in total. The zero-order valence-electron chi connectivity index (χ0n) is 8.95. The van der Waals surface area contributed by atoms with Crippen molar-refractivity contribution in [2.24, 2.45) is 0 Å². The number of nitrogens with zero attached hydrogens (tertiary/aromatic N) is 1. The largest absolute Gasteiger partial charge is 0.447 e. The Bertz CT molecular complexity index is 435. The summed E-state index contributed by atoms with van der Waals surface area (Å²) in [4.78, 5) is 3.86. The first-order valence-electron chi connectivity index (χ1n) is 4.94. The maximum absolute atomic E-state index is 5.15. The third-order valence-electron chi connectivity index (χ3n) is 2.32. The van der Waals surface area contributed by atoms with Crippen LogP contribution < -0.4 is 5.32 Å². The van der Waals surface area contributed by atoms with Crippen LogP contribution in [0.4, 0.5) is 5.69 Å². The van der Waals surface area contributed by atoms with Crippen molar-refractivity contribution in [3.8, 4) is 0 Å². The first-order chi connectivity index (χ1) is 7.25. The van der Waals surface area contributed by atoms with Crippen LogP contribution >= 0.6 is 0 Å². The highest BCUT2D eigenvalue weighted by Crippen LogP contribution is 2.16. The van der Waals surface area contributed by atoms with Crippen LogP contribution in [-0.2, 0) is 6.54 Å². The zero-order valence-corrected chi connectivity index (χ0v) is 8.95. The molecule has 0 fully saturated rings. The molecule has 0 aliphatic heterocycles. The summed E-state index contributed by atoms with van der Waals surface area (Å²) in [7, 11) is 0. The average Bonchev–Trinajstić information content (AvgIpc) is 2.69. The van der Waals surface area contributed by atoms with Gasteiger partial charge in [-0.15, -0.1) is 0 Å². The second kappa shape index (κ2) is 4.17. The number of anilines is 1. The molecule has 0 atom stereocenters. The van der Waals surface area contributed by atoms with Crippen LogP contribution in [0, 0.1) is 13.8 Å². The molecule has 0 bridgehead atoms. The Balaban J connectivity index is 2.05. The van der Waals surface area contributed by atoms with Gasteiger partial charge in [-0.3, -0.25) is 0 Å². The molecule has 2 rings (SSSR count). The van der Waals surface area contributed by atoms with E-state index < -0.39 is 0 Å². The van der Waals surface area contributed by atoms with Crippen molar-refractivity contribution in [1.82, 2.24) is 4.98 Å². The van der Waals surface area contributed by atoms with Gasteiger partial charge in [-0.25, -0.2) is 4.98 Å². The smallest absolute Gasteiger partial charge is 0.180 e. The highest BCUT2D eigenvalue weighted by Gasteiger charge is 1.99. The Morgan fingerprint density at radius 1 is 1.33 bits per heavy atom. The number of hydrogen-bond donors (Lipinski definition) is 1. The van der Waals surface area contributed by atoms with Gasteiger partial charge in [0.1, 0.15) is 5.76 Å². The van der Waals surface area contributed by atoms with Gasteiger partial charge in [0, 0.05) is 5.69 Å². The minimum absolute atomic E-state index is 0.671. The summed E-state index contributed by atoms with van der Waals surface area (Å²) in [6.45, 7) is 4.85. The van der Waals surface area contributed by atoms with Gasteiger partial charge >= 0.3 is 0 Å². The second-order valence-electron chi connectivity index (χ2n) is 3.64. The van der Waals surface area contributed by atoms with Crippen molar-refractivity contribution < 1.29 is 4.42 Å². The van der Waals surface area contributed by atoms with Gasteiger partial charge in [-0.2, -0.15) is 0 Å². The van der Waals surface area contributed by atoms with Gasteiger partial charge in [0.15, 0.2) is 6.39 Å².